The monoisotopic (exact) mass is 235 g/mol. The average Bonchev–Trinajstić information content (AvgIpc) is 2.21. The van der Waals surface area contributed by atoms with Gasteiger partial charge in [-0.2, -0.15) is 5.26 Å². The Balaban J connectivity index is 3.22. The molecule has 0 amide bonds. The standard InChI is InChI=1S/C10H6ClN3O2/c1-7-8(4-2-3-5-12)6-9(14(15)16)10(11)13-7/h6H,3H2,1H3. The molecule has 0 aliphatic rings. The molecule has 0 spiro atoms. The maximum atomic E-state index is 10.6. The molecule has 5 nitrogen and oxygen atoms in total. The first kappa shape index (κ1) is 12.0. The quantitative estimate of drug-likeness (QED) is 0.324. The molecule has 0 N–H and O–H groups in total. The van der Waals surface area contributed by atoms with Crippen molar-refractivity contribution in [2.45, 2.75) is 13.3 Å². The fourth-order valence-corrected chi connectivity index (χ4v) is 1.25. The van der Waals surface area contributed by atoms with Crippen molar-refractivity contribution < 1.29 is 4.92 Å². The van der Waals surface area contributed by atoms with Crippen LogP contribution in [0.5, 0.6) is 0 Å². The van der Waals surface area contributed by atoms with Gasteiger partial charge in [0.15, 0.2) is 0 Å². The van der Waals surface area contributed by atoms with Crippen LogP contribution >= 0.6 is 11.6 Å². The molecule has 1 aromatic rings. The minimum absolute atomic E-state index is 0.0653. The Hall–Kier alpha value is -2.11. The molecule has 1 heterocycles. The van der Waals surface area contributed by atoms with Crippen molar-refractivity contribution in [1.29, 1.82) is 5.26 Å². The van der Waals surface area contributed by atoms with E-state index >= 15 is 0 Å². The highest BCUT2D eigenvalue weighted by atomic mass is 35.5. The van der Waals surface area contributed by atoms with Crippen LogP contribution in [0.3, 0.4) is 0 Å². The molecule has 0 saturated carbocycles. The predicted molar refractivity (Wildman–Crippen MR) is 57.7 cm³/mol. The van der Waals surface area contributed by atoms with E-state index in [9.17, 15) is 10.1 Å². The van der Waals surface area contributed by atoms with Crippen LogP contribution in [0.2, 0.25) is 5.15 Å². The summed E-state index contributed by atoms with van der Waals surface area (Å²) in [7, 11) is 0. The van der Waals surface area contributed by atoms with Crippen LogP contribution in [0, 0.1) is 40.2 Å². The number of aryl methyl sites for hydroxylation is 1. The van der Waals surface area contributed by atoms with Crippen molar-refractivity contribution in [3.8, 4) is 17.9 Å². The zero-order valence-electron chi connectivity index (χ0n) is 8.32. The number of nitriles is 1. The maximum absolute atomic E-state index is 10.6. The van der Waals surface area contributed by atoms with Crippen molar-refractivity contribution in [2.75, 3.05) is 0 Å². The summed E-state index contributed by atoms with van der Waals surface area (Å²) in [6.45, 7) is 1.64. The molecule has 0 atom stereocenters. The summed E-state index contributed by atoms with van der Waals surface area (Å²) in [5, 5.41) is 18.7. The van der Waals surface area contributed by atoms with Gasteiger partial charge in [-0.1, -0.05) is 23.4 Å². The zero-order valence-corrected chi connectivity index (χ0v) is 9.08. The molecule has 0 unspecified atom stereocenters. The van der Waals surface area contributed by atoms with Crippen molar-refractivity contribution in [3.63, 3.8) is 0 Å². The Morgan fingerprint density at radius 3 is 2.94 bits per heavy atom. The van der Waals surface area contributed by atoms with Gasteiger partial charge in [-0.25, -0.2) is 4.98 Å². The zero-order chi connectivity index (χ0) is 12.1. The lowest BCUT2D eigenvalue weighted by atomic mass is 10.2. The van der Waals surface area contributed by atoms with Crippen molar-refractivity contribution in [3.05, 3.63) is 32.6 Å². The molecule has 0 fully saturated rings. The fourth-order valence-electron chi connectivity index (χ4n) is 0.999. The molecule has 1 rings (SSSR count). The molecule has 80 valence electrons. The SMILES string of the molecule is Cc1nc(Cl)c([N+](=O)[O-])cc1C#CCC#N. The van der Waals surface area contributed by atoms with Gasteiger partial charge in [-0.05, 0) is 6.92 Å². The second-order valence-corrected chi connectivity index (χ2v) is 3.18. The third kappa shape index (κ3) is 2.69. The van der Waals surface area contributed by atoms with Crippen molar-refractivity contribution in [2.24, 2.45) is 0 Å². The van der Waals surface area contributed by atoms with E-state index in [2.05, 4.69) is 16.8 Å². The lowest BCUT2D eigenvalue weighted by Gasteiger charge is -1.99. The van der Waals surface area contributed by atoms with Gasteiger partial charge in [0.1, 0.15) is 0 Å². The fraction of sp³-hybridized carbons (Fsp3) is 0.200. The second-order valence-electron chi connectivity index (χ2n) is 2.83. The third-order valence-corrected chi connectivity index (χ3v) is 2.01. The van der Waals surface area contributed by atoms with Gasteiger partial charge in [0.2, 0.25) is 5.15 Å². The van der Waals surface area contributed by atoms with Crippen LogP contribution in [0.1, 0.15) is 17.7 Å². The normalized spacial score (nSPS) is 8.81. The minimum atomic E-state index is -0.621. The largest absolute Gasteiger partial charge is 0.307 e. The number of halogens is 1. The summed E-state index contributed by atoms with van der Waals surface area (Å²) >= 11 is 5.60. The lowest BCUT2D eigenvalue weighted by Crippen LogP contribution is -1.96. The molecule has 16 heavy (non-hydrogen) atoms. The Morgan fingerprint density at radius 1 is 1.69 bits per heavy atom. The summed E-state index contributed by atoms with van der Waals surface area (Å²) in [6, 6.07) is 3.11. The van der Waals surface area contributed by atoms with Gasteiger partial charge in [0.05, 0.1) is 28.7 Å². The first-order valence-electron chi connectivity index (χ1n) is 4.23. The Bertz CT molecular complexity index is 537. The van der Waals surface area contributed by atoms with Gasteiger partial charge in [0.25, 0.3) is 0 Å². The maximum Gasteiger partial charge on any atom is 0.307 e. The topological polar surface area (TPSA) is 79.8 Å². The summed E-state index contributed by atoms with van der Waals surface area (Å²) in [5.41, 5.74) is 0.626. The van der Waals surface area contributed by atoms with Crippen molar-refractivity contribution >= 4 is 17.3 Å². The molecule has 0 saturated heterocycles. The van der Waals surface area contributed by atoms with Crippen LogP contribution in [0.15, 0.2) is 6.07 Å². The van der Waals surface area contributed by atoms with E-state index in [4.69, 9.17) is 16.9 Å². The summed E-state index contributed by atoms with van der Waals surface area (Å²) in [6.07, 6.45) is 0.0653. The molecule has 0 aromatic carbocycles. The number of nitro groups is 1. The lowest BCUT2D eigenvalue weighted by molar-refractivity contribution is -0.385. The number of pyridine rings is 1. The summed E-state index contributed by atoms with van der Waals surface area (Å²) < 4.78 is 0. The van der Waals surface area contributed by atoms with Gasteiger partial charge >= 0.3 is 5.69 Å². The van der Waals surface area contributed by atoms with E-state index in [1.54, 1.807) is 6.92 Å². The molecule has 0 bridgehead atoms. The number of rotatable bonds is 1. The molecular weight excluding hydrogens is 230 g/mol. The molecule has 0 aliphatic heterocycles. The van der Waals surface area contributed by atoms with E-state index in [1.165, 1.54) is 6.07 Å². The van der Waals surface area contributed by atoms with E-state index in [-0.39, 0.29) is 17.3 Å². The van der Waals surface area contributed by atoms with Gasteiger partial charge in [-0.3, -0.25) is 10.1 Å². The molecule has 0 aliphatic carbocycles. The number of nitrogens with zero attached hydrogens (tertiary/aromatic N) is 3. The highest BCUT2D eigenvalue weighted by molar-refractivity contribution is 6.31. The first-order chi connectivity index (χ1) is 7.56. The van der Waals surface area contributed by atoms with E-state index in [1.807, 2.05) is 6.07 Å². The Labute approximate surface area is 96.8 Å². The molecule has 1 aromatic heterocycles. The highest BCUT2D eigenvalue weighted by Gasteiger charge is 2.15. The first-order valence-corrected chi connectivity index (χ1v) is 4.61. The Kier molecular flexibility index (Phi) is 3.82. The Morgan fingerprint density at radius 2 is 2.38 bits per heavy atom. The van der Waals surface area contributed by atoms with Gasteiger partial charge in [-0.15, -0.1) is 0 Å². The highest BCUT2D eigenvalue weighted by Crippen LogP contribution is 2.24. The number of hydrogen-bond donors (Lipinski definition) is 0. The van der Waals surface area contributed by atoms with Crippen LogP contribution in [-0.2, 0) is 0 Å². The predicted octanol–water partition coefficient (Wildman–Crippen LogP) is 2.22. The molecule has 6 heteroatoms. The van der Waals surface area contributed by atoms with Crippen LogP contribution < -0.4 is 0 Å². The summed E-state index contributed by atoms with van der Waals surface area (Å²) in [5.74, 6) is 5.20. The third-order valence-electron chi connectivity index (χ3n) is 1.74. The van der Waals surface area contributed by atoms with Gasteiger partial charge < -0.3 is 0 Å². The van der Waals surface area contributed by atoms with Gasteiger partial charge in [0, 0.05) is 6.07 Å². The summed E-state index contributed by atoms with van der Waals surface area (Å²) in [4.78, 5) is 13.8. The van der Waals surface area contributed by atoms with Crippen LogP contribution in [0.4, 0.5) is 5.69 Å². The van der Waals surface area contributed by atoms with E-state index in [0.29, 0.717) is 11.3 Å². The number of aromatic nitrogens is 1. The number of hydrogen-bond acceptors (Lipinski definition) is 4. The van der Waals surface area contributed by atoms with E-state index in [0.717, 1.165) is 0 Å². The van der Waals surface area contributed by atoms with E-state index < -0.39 is 4.92 Å². The smallest absolute Gasteiger partial charge is 0.258 e. The second kappa shape index (κ2) is 5.11. The molecule has 0 radical (unpaired) electrons. The minimum Gasteiger partial charge on any atom is -0.258 e. The van der Waals surface area contributed by atoms with Crippen LogP contribution in [-0.4, -0.2) is 9.91 Å². The average molecular weight is 236 g/mol. The van der Waals surface area contributed by atoms with Crippen molar-refractivity contribution in [1.82, 2.24) is 4.98 Å². The van der Waals surface area contributed by atoms with Crippen LogP contribution in [0.25, 0.3) is 0 Å². The molecular formula is C10H6ClN3O2.